The van der Waals surface area contributed by atoms with Gasteiger partial charge in [-0.25, -0.2) is 0 Å². The summed E-state index contributed by atoms with van der Waals surface area (Å²) in [5.41, 5.74) is 0.296. The number of para-hydroxylation sites is 1. The fourth-order valence-corrected chi connectivity index (χ4v) is 3.36. The van der Waals surface area contributed by atoms with E-state index < -0.39 is 11.6 Å². The molecule has 1 saturated heterocycles. The van der Waals surface area contributed by atoms with Crippen molar-refractivity contribution < 1.29 is 14.3 Å². The van der Waals surface area contributed by atoms with Crippen LogP contribution in [0.5, 0.6) is 11.5 Å². The van der Waals surface area contributed by atoms with E-state index in [1.807, 2.05) is 54.6 Å². The van der Waals surface area contributed by atoms with Crippen molar-refractivity contribution in [1.82, 2.24) is 10.6 Å². The Morgan fingerprint density at radius 1 is 1.00 bits per heavy atom. The summed E-state index contributed by atoms with van der Waals surface area (Å²) in [5, 5.41) is 5.81. The highest BCUT2D eigenvalue weighted by molar-refractivity contribution is 6.00. The van der Waals surface area contributed by atoms with E-state index in [4.69, 9.17) is 4.74 Å². The van der Waals surface area contributed by atoms with Crippen LogP contribution >= 0.6 is 0 Å². The second-order valence-electron chi connectivity index (χ2n) is 6.72. The number of carbonyl (C=O) groups excluding carboxylic acids is 2. The molecule has 128 valence electrons. The quantitative estimate of drug-likeness (QED) is 0.902. The number of ether oxygens (including phenoxy) is 1. The molecule has 1 unspecified atom stereocenters. The predicted octanol–water partition coefficient (Wildman–Crippen LogP) is 2.56. The first-order valence-electron chi connectivity index (χ1n) is 8.59. The van der Waals surface area contributed by atoms with E-state index in [0.29, 0.717) is 12.2 Å². The number of piperazine rings is 1. The molecule has 1 atom stereocenters. The molecule has 25 heavy (non-hydrogen) atoms. The third-order valence-corrected chi connectivity index (χ3v) is 4.94. The summed E-state index contributed by atoms with van der Waals surface area (Å²) in [6.45, 7) is 0. The van der Waals surface area contributed by atoms with Crippen molar-refractivity contribution in [1.29, 1.82) is 0 Å². The molecule has 1 spiro atoms. The average molecular weight is 336 g/mol. The van der Waals surface area contributed by atoms with E-state index in [0.717, 1.165) is 30.6 Å². The minimum atomic E-state index is -0.647. The number of hydrogen-bond donors (Lipinski definition) is 2. The molecule has 1 saturated carbocycles. The van der Waals surface area contributed by atoms with Gasteiger partial charge in [-0.2, -0.15) is 0 Å². The van der Waals surface area contributed by atoms with Crippen LogP contribution in [0.15, 0.2) is 54.6 Å². The van der Waals surface area contributed by atoms with E-state index in [1.54, 1.807) is 0 Å². The lowest BCUT2D eigenvalue weighted by Gasteiger charge is -2.45. The molecule has 2 aromatic rings. The summed E-state index contributed by atoms with van der Waals surface area (Å²) >= 11 is 0. The second kappa shape index (κ2) is 6.24. The summed E-state index contributed by atoms with van der Waals surface area (Å²) in [6.07, 6.45) is 2.90. The van der Waals surface area contributed by atoms with Gasteiger partial charge >= 0.3 is 0 Å². The van der Waals surface area contributed by atoms with Crippen LogP contribution in [0.1, 0.15) is 24.8 Å². The van der Waals surface area contributed by atoms with Gasteiger partial charge in [-0.15, -0.1) is 0 Å². The van der Waals surface area contributed by atoms with E-state index in [2.05, 4.69) is 10.6 Å². The molecule has 0 bridgehead atoms. The molecular formula is C20H20N2O3. The van der Waals surface area contributed by atoms with Crippen molar-refractivity contribution in [2.45, 2.75) is 37.3 Å². The van der Waals surface area contributed by atoms with E-state index in [1.165, 1.54) is 0 Å². The SMILES string of the molecule is O=C1NC2(CCC2)C(=O)NC1Cc1cccc(Oc2ccccc2)c1. The van der Waals surface area contributed by atoms with Gasteiger partial charge < -0.3 is 15.4 Å². The van der Waals surface area contributed by atoms with E-state index in [-0.39, 0.29) is 11.8 Å². The van der Waals surface area contributed by atoms with E-state index >= 15 is 0 Å². The van der Waals surface area contributed by atoms with Gasteiger partial charge in [0.1, 0.15) is 23.1 Å². The molecule has 5 heteroatoms. The number of amides is 2. The lowest BCUT2D eigenvalue weighted by Crippen LogP contribution is -2.72. The number of hydrogen-bond acceptors (Lipinski definition) is 3. The van der Waals surface area contributed by atoms with Crippen molar-refractivity contribution in [2.24, 2.45) is 0 Å². The van der Waals surface area contributed by atoms with Crippen molar-refractivity contribution in [3.63, 3.8) is 0 Å². The third kappa shape index (κ3) is 3.09. The molecule has 2 aromatic carbocycles. The van der Waals surface area contributed by atoms with Crippen LogP contribution in [0.3, 0.4) is 0 Å². The first kappa shape index (κ1) is 15.7. The highest BCUT2D eigenvalue weighted by atomic mass is 16.5. The normalized spacial score (nSPS) is 21.2. The second-order valence-corrected chi connectivity index (χ2v) is 6.72. The van der Waals surface area contributed by atoms with Crippen LogP contribution in [0.25, 0.3) is 0 Å². The lowest BCUT2D eigenvalue weighted by molar-refractivity contribution is -0.145. The van der Waals surface area contributed by atoms with Crippen LogP contribution in [-0.4, -0.2) is 23.4 Å². The maximum Gasteiger partial charge on any atom is 0.246 e. The first-order valence-corrected chi connectivity index (χ1v) is 8.59. The molecule has 2 fully saturated rings. The van der Waals surface area contributed by atoms with Gasteiger partial charge in [0.2, 0.25) is 11.8 Å². The lowest BCUT2D eigenvalue weighted by atomic mass is 9.74. The molecule has 1 aliphatic heterocycles. The Bertz CT molecular complexity index is 800. The van der Waals surface area contributed by atoms with Gasteiger partial charge in [0, 0.05) is 6.42 Å². The Hall–Kier alpha value is -2.82. The maximum absolute atomic E-state index is 12.4. The van der Waals surface area contributed by atoms with Crippen molar-refractivity contribution >= 4 is 11.8 Å². The smallest absolute Gasteiger partial charge is 0.246 e. The predicted molar refractivity (Wildman–Crippen MR) is 93.3 cm³/mol. The third-order valence-electron chi connectivity index (χ3n) is 4.94. The van der Waals surface area contributed by atoms with Crippen LogP contribution in [-0.2, 0) is 16.0 Å². The van der Waals surface area contributed by atoms with Crippen LogP contribution in [0.4, 0.5) is 0 Å². The molecular weight excluding hydrogens is 316 g/mol. The maximum atomic E-state index is 12.4. The number of benzene rings is 2. The number of rotatable bonds is 4. The van der Waals surface area contributed by atoms with E-state index in [9.17, 15) is 9.59 Å². The standard InChI is InChI=1S/C20H20N2O3/c23-18-17(21-19(24)20(22-18)10-5-11-20)13-14-6-4-9-16(12-14)25-15-7-2-1-3-8-15/h1-4,6-9,12,17H,5,10-11,13H2,(H,21,24)(H,22,23). The first-order chi connectivity index (χ1) is 12.1. The fourth-order valence-electron chi connectivity index (χ4n) is 3.36. The minimum absolute atomic E-state index is 0.0555. The monoisotopic (exact) mass is 336 g/mol. The molecule has 2 aliphatic rings. The number of carbonyl (C=O) groups is 2. The molecule has 2 amide bonds. The highest BCUT2D eigenvalue weighted by Crippen LogP contribution is 2.34. The van der Waals surface area contributed by atoms with Crippen LogP contribution < -0.4 is 15.4 Å². The van der Waals surface area contributed by atoms with Gasteiger partial charge in [-0.3, -0.25) is 9.59 Å². The Labute approximate surface area is 146 Å². The van der Waals surface area contributed by atoms with Crippen LogP contribution in [0.2, 0.25) is 0 Å². The van der Waals surface area contributed by atoms with Crippen molar-refractivity contribution in [3.05, 3.63) is 60.2 Å². The zero-order chi connectivity index (χ0) is 17.3. The fraction of sp³-hybridized carbons (Fsp3) is 0.300. The zero-order valence-electron chi connectivity index (χ0n) is 13.8. The Kier molecular flexibility index (Phi) is 3.92. The van der Waals surface area contributed by atoms with Gasteiger partial charge in [-0.05, 0) is 49.1 Å². The van der Waals surface area contributed by atoms with Gasteiger partial charge in [-0.1, -0.05) is 30.3 Å². The van der Waals surface area contributed by atoms with Crippen LogP contribution in [0, 0.1) is 0 Å². The molecule has 2 N–H and O–H groups in total. The summed E-state index contributed by atoms with van der Waals surface area (Å²) in [7, 11) is 0. The molecule has 0 aromatic heterocycles. The van der Waals surface area contributed by atoms with Crippen molar-refractivity contribution in [3.8, 4) is 11.5 Å². The van der Waals surface area contributed by atoms with Gasteiger partial charge in [0.25, 0.3) is 0 Å². The largest absolute Gasteiger partial charge is 0.457 e. The minimum Gasteiger partial charge on any atom is -0.457 e. The summed E-state index contributed by atoms with van der Waals surface area (Å²) in [4.78, 5) is 24.7. The Morgan fingerprint density at radius 2 is 1.76 bits per heavy atom. The van der Waals surface area contributed by atoms with Crippen molar-refractivity contribution in [2.75, 3.05) is 0 Å². The average Bonchev–Trinajstić information content (AvgIpc) is 2.58. The summed E-state index contributed by atoms with van der Waals surface area (Å²) in [6, 6.07) is 16.6. The number of nitrogens with one attached hydrogen (secondary N) is 2. The highest BCUT2D eigenvalue weighted by Gasteiger charge is 2.50. The molecule has 5 nitrogen and oxygen atoms in total. The Balaban J connectivity index is 1.45. The van der Waals surface area contributed by atoms with Gasteiger partial charge in [0.15, 0.2) is 0 Å². The summed E-state index contributed by atoms with van der Waals surface area (Å²) < 4.78 is 5.83. The molecule has 1 heterocycles. The van der Waals surface area contributed by atoms with Gasteiger partial charge in [0.05, 0.1) is 0 Å². The zero-order valence-corrected chi connectivity index (χ0v) is 13.8. The molecule has 4 rings (SSSR count). The molecule has 1 aliphatic carbocycles. The Morgan fingerprint density at radius 3 is 2.48 bits per heavy atom. The molecule has 0 radical (unpaired) electrons. The summed E-state index contributed by atoms with van der Waals surface area (Å²) in [5.74, 6) is 1.31. The topological polar surface area (TPSA) is 67.4 Å².